The van der Waals surface area contributed by atoms with Crippen molar-refractivity contribution in [2.45, 2.75) is 33.4 Å². The minimum absolute atomic E-state index is 0.194. The summed E-state index contributed by atoms with van der Waals surface area (Å²) in [6.07, 6.45) is 2.61. The summed E-state index contributed by atoms with van der Waals surface area (Å²) in [6, 6.07) is 11.9. The number of aromatic nitrogens is 2. The van der Waals surface area contributed by atoms with Crippen LogP contribution in [0.25, 0.3) is 21.8 Å². The van der Waals surface area contributed by atoms with Gasteiger partial charge in [-0.05, 0) is 55.2 Å². The van der Waals surface area contributed by atoms with Crippen LogP contribution in [0.15, 0.2) is 47.4 Å². The number of rotatable bonds is 3. The Balaban J connectivity index is 1.45. The Bertz CT molecular complexity index is 1330. The van der Waals surface area contributed by atoms with Gasteiger partial charge in [0.15, 0.2) is 0 Å². The molecule has 0 atom stereocenters. The molecule has 28 heavy (non-hydrogen) atoms. The lowest BCUT2D eigenvalue weighted by molar-refractivity contribution is 0.0949. The van der Waals surface area contributed by atoms with Gasteiger partial charge < -0.3 is 14.9 Å². The van der Waals surface area contributed by atoms with Gasteiger partial charge in [0, 0.05) is 41.3 Å². The van der Waals surface area contributed by atoms with E-state index in [-0.39, 0.29) is 16.9 Å². The number of benzene rings is 2. The molecule has 5 heteroatoms. The lowest BCUT2D eigenvalue weighted by atomic mass is 10.1. The number of amides is 1. The number of hydrogen-bond acceptors (Lipinski definition) is 2. The third-order valence-electron chi connectivity index (χ3n) is 5.87. The summed E-state index contributed by atoms with van der Waals surface area (Å²) < 4.78 is 2.03. The molecule has 2 aromatic carbocycles. The molecule has 0 bridgehead atoms. The van der Waals surface area contributed by atoms with Gasteiger partial charge in [0.25, 0.3) is 5.91 Å². The molecule has 140 valence electrons. The highest BCUT2D eigenvalue weighted by molar-refractivity contribution is 5.98. The summed E-state index contributed by atoms with van der Waals surface area (Å²) in [6.45, 7) is 5.33. The number of nitrogens with zero attached hydrogens (tertiary/aromatic N) is 1. The maximum absolute atomic E-state index is 12.9. The minimum atomic E-state index is -0.324. The quantitative estimate of drug-likeness (QED) is 0.578. The Morgan fingerprint density at radius 1 is 1.18 bits per heavy atom. The molecule has 0 unspecified atom stereocenters. The highest BCUT2D eigenvalue weighted by atomic mass is 16.2. The van der Waals surface area contributed by atoms with Crippen LogP contribution in [0.3, 0.4) is 0 Å². The summed E-state index contributed by atoms with van der Waals surface area (Å²) in [5.41, 5.74) is 6.63. The highest BCUT2D eigenvalue weighted by Crippen LogP contribution is 2.24. The number of H-pyrrole nitrogens is 1. The predicted octanol–water partition coefficient (Wildman–Crippen LogP) is 3.59. The van der Waals surface area contributed by atoms with Gasteiger partial charge in [-0.1, -0.05) is 18.2 Å². The van der Waals surface area contributed by atoms with E-state index >= 15 is 0 Å². The van der Waals surface area contributed by atoms with Gasteiger partial charge in [-0.25, -0.2) is 0 Å². The largest absolute Gasteiger partial charge is 0.358 e. The van der Waals surface area contributed by atoms with Gasteiger partial charge in [0.1, 0.15) is 5.56 Å². The van der Waals surface area contributed by atoms with Crippen molar-refractivity contribution in [2.75, 3.05) is 0 Å². The van der Waals surface area contributed by atoms with Crippen molar-refractivity contribution in [3.05, 3.63) is 80.8 Å². The average Bonchev–Trinajstić information content (AvgIpc) is 3.24. The van der Waals surface area contributed by atoms with Crippen LogP contribution in [0.2, 0.25) is 0 Å². The third kappa shape index (κ3) is 2.47. The first-order chi connectivity index (χ1) is 13.5. The molecule has 0 saturated carbocycles. The second-order valence-electron chi connectivity index (χ2n) is 7.57. The first-order valence-electron chi connectivity index (χ1n) is 9.54. The molecule has 2 aromatic heterocycles. The predicted molar refractivity (Wildman–Crippen MR) is 111 cm³/mol. The summed E-state index contributed by atoms with van der Waals surface area (Å²) in [4.78, 5) is 29.0. The number of para-hydroxylation sites is 1. The maximum atomic E-state index is 12.9. The van der Waals surface area contributed by atoms with Crippen LogP contribution in [0.4, 0.5) is 0 Å². The standard InChI is InChI=1S/C23H21N3O2/c1-13-14(2)25-20-7-6-15(10-18(13)20)11-24-23(28)19-12-26-9-8-16-4-3-5-17(21(16)26)22(19)27/h3-7,10,12,25H,8-9,11H2,1-2H3,(H,24,28). The Morgan fingerprint density at radius 2 is 2.04 bits per heavy atom. The number of fused-ring (bicyclic) bond motifs is 1. The number of carbonyl (C=O) groups excluding carboxylic acids is 1. The molecule has 2 N–H and O–H groups in total. The first kappa shape index (κ1) is 16.8. The Labute approximate surface area is 162 Å². The molecule has 1 amide bonds. The van der Waals surface area contributed by atoms with Gasteiger partial charge in [0.05, 0.1) is 5.52 Å². The zero-order chi connectivity index (χ0) is 19.4. The number of pyridine rings is 1. The van der Waals surface area contributed by atoms with Gasteiger partial charge in [-0.3, -0.25) is 9.59 Å². The molecule has 5 nitrogen and oxygen atoms in total. The zero-order valence-corrected chi connectivity index (χ0v) is 15.9. The van der Waals surface area contributed by atoms with Crippen LogP contribution in [-0.2, 0) is 19.5 Å². The Morgan fingerprint density at radius 3 is 2.89 bits per heavy atom. The van der Waals surface area contributed by atoms with E-state index in [2.05, 4.69) is 30.2 Å². The maximum Gasteiger partial charge on any atom is 0.257 e. The number of hydrogen-bond donors (Lipinski definition) is 2. The monoisotopic (exact) mass is 371 g/mol. The van der Waals surface area contributed by atoms with Crippen LogP contribution in [0.1, 0.15) is 32.7 Å². The number of carbonyl (C=O) groups is 1. The van der Waals surface area contributed by atoms with E-state index in [0.717, 1.165) is 40.6 Å². The molecule has 0 saturated heterocycles. The molecule has 0 spiro atoms. The van der Waals surface area contributed by atoms with Crippen molar-refractivity contribution in [1.29, 1.82) is 0 Å². The van der Waals surface area contributed by atoms with Gasteiger partial charge >= 0.3 is 0 Å². The fraction of sp³-hybridized carbons (Fsp3) is 0.217. The third-order valence-corrected chi connectivity index (χ3v) is 5.87. The van der Waals surface area contributed by atoms with E-state index in [4.69, 9.17) is 0 Å². The molecular formula is C23H21N3O2. The van der Waals surface area contributed by atoms with Crippen molar-refractivity contribution in [1.82, 2.24) is 14.9 Å². The van der Waals surface area contributed by atoms with E-state index in [1.54, 1.807) is 6.20 Å². The van der Waals surface area contributed by atoms with Crippen LogP contribution < -0.4 is 10.7 Å². The molecule has 4 aromatic rings. The van der Waals surface area contributed by atoms with E-state index in [9.17, 15) is 9.59 Å². The van der Waals surface area contributed by atoms with Crippen LogP contribution in [0.5, 0.6) is 0 Å². The van der Waals surface area contributed by atoms with Crippen LogP contribution in [-0.4, -0.2) is 15.5 Å². The van der Waals surface area contributed by atoms with E-state index < -0.39 is 0 Å². The SMILES string of the molecule is Cc1[nH]c2ccc(CNC(=O)c3cn4c5c(cccc5c3=O)CC4)cc2c1C. The summed E-state index contributed by atoms with van der Waals surface area (Å²) in [7, 11) is 0. The van der Waals surface area contributed by atoms with Crippen molar-refractivity contribution < 1.29 is 4.79 Å². The molecular weight excluding hydrogens is 350 g/mol. The van der Waals surface area contributed by atoms with Gasteiger partial charge in [0.2, 0.25) is 5.43 Å². The molecule has 0 fully saturated rings. The Hall–Kier alpha value is -3.34. The fourth-order valence-corrected chi connectivity index (χ4v) is 4.21. The topological polar surface area (TPSA) is 66.9 Å². The fourth-order valence-electron chi connectivity index (χ4n) is 4.21. The highest BCUT2D eigenvalue weighted by Gasteiger charge is 2.20. The summed E-state index contributed by atoms with van der Waals surface area (Å²) in [5.74, 6) is -0.324. The van der Waals surface area contributed by atoms with E-state index in [1.807, 2.05) is 34.9 Å². The second-order valence-corrected chi connectivity index (χ2v) is 7.57. The molecule has 0 aliphatic carbocycles. The molecule has 1 aliphatic rings. The first-order valence-corrected chi connectivity index (χ1v) is 9.54. The van der Waals surface area contributed by atoms with Crippen molar-refractivity contribution in [3.63, 3.8) is 0 Å². The number of nitrogens with one attached hydrogen (secondary N) is 2. The van der Waals surface area contributed by atoms with Gasteiger partial charge in [-0.2, -0.15) is 0 Å². The molecule has 0 radical (unpaired) electrons. The lowest BCUT2D eigenvalue weighted by Gasteiger charge is -2.09. The van der Waals surface area contributed by atoms with Gasteiger partial charge in [-0.15, -0.1) is 0 Å². The molecule has 1 aliphatic heterocycles. The van der Waals surface area contributed by atoms with E-state index in [1.165, 1.54) is 11.1 Å². The van der Waals surface area contributed by atoms with E-state index in [0.29, 0.717) is 11.9 Å². The summed E-state index contributed by atoms with van der Waals surface area (Å²) >= 11 is 0. The Kier molecular flexibility index (Phi) is 3.66. The van der Waals surface area contributed by atoms with Crippen molar-refractivity contribution in [2.24, 2.45) is 0 Å². The normalized spacial score (nSPS) is 12.8. The lowest BCUT2D eigenvalue weighted by Crippen LogP contribution is -2.29. The second kappa shape index (κ2) is 6.09. The summed E-state index contributed by atoms with van der Waals surface area (Å²) in [5, 5.41) is 4.71. The minimum Gasteiger partial charge on any atom is -0.358 e. The number of aromatic amines is 1. The van der Waals surface area contributed by atoms with Crippen LogP contribution in [0, 0.1) is 13.8 Å². The molecule has 3 heterocycles. The van der Waals surface area contributed by atoms with Crippen LogP contribution >= 0.6 is 0 Å². The van der Waals surface area contributed by atoms with Crippen molar-refractivity contribution in [3.8, 4) is 0 Å². The average molecular weight is 371 g/mol. The smallest absolute Gasteiger partial charge is 0.257 e. The van der Waals surface area contributed by atoms with Crippen molar-refractivity contribution >= 4 is 27.7 Å². The molecule has 5 rings (SSSR count). The zero-order valence-electron chi connectivity index (χ0n) is 15.9. The number of aryl methyl sites for hydroxylation is 4.